The molecule has 0 atom stereocenters. The summed E-state index contributed by atoms with van der Waals surface area (Å²) in [4.78, 5) is 0. The first-order valence-electron chi connectivity index (χ1n) is 5.35. The Bertz CT molecular complexity index is 315. The molecule has 0 heterocycles. The lowest BCUT2D eigenvalue weighted by atomic mass is 10.2. The van der Waals surface area contributed by atoms with Gasteiger partial charge in [-0.15, -0.1) is 0 Å². The minimum Gasteiger partial charge on any atom is -0.497 e. The molecule has 0 aromatic heterocycles. The predicted molar refractivity (Wildman–Crippen MR) is 63.6 cm³/mol. The number of anilines is 1. The Kier molecular flexibility index (Phi) is 5.67. The lowest BCUT2D eigenvalue weighted by molar-refractivity contribution is 0.0452. The van der Waals surface area contributed by atoms with Crippen molar-refractivity contribution in [3.05, 3.63) is 23.8 Å². The van der Waals surface area contributed by atoms with Crippen LogP contribution in [0, 0.1) is 0 Å². The highest BCUT2D eigenvalue weighted by molar-refractivity contribution is 5.47. The van der Waals surface area contributed by atoms with Crippen LogP contribution in [0.4, 0.5) is 5.69 Å². The van der Waals surface area contributed by atoms with Crippen molar-refractivity contribution < 1.29 is 14.2 Å². The summed E-state index contributed by atoms with van der Waals surface area (Å²) in [5, 5.41) is 0. The molecule has 1 aromatic rings. The Labute approximate surface area is 96.3 Å². The van der Waals surface area contributed by atoms with Gasteiger partial charge in [0.2, 0.25) is 0 Å². The largest absolute Gasteiger partial charge is 0.497 e. The molecule has 0 spiro atoms. The van der Waals surface area contributed by atoms with Gasteiger partial charge in [0.15, 0.2) is 0 Å². The summed E-state index contributed by atoms with van der Waals surface area (Å²) < 4.78 is 15.7. The zero-order valence-corrected chi connectivity index (χ0v) is 9.86. The van der Waals surface area contributed by atoms with Crippen LogP contribution < -0.4 is 10.5 Å². The molecule has 0 unspecified atom stereocenters. The molecule has 16 heavy (non-hydrogen) atoms. The van der Waals surface area contributed by atoms with E-state index in [0.29, 0.717) is 25.5 Å². The standard InChI is InChI=1S/C12H19NO3/c1-3-15-4-5-16-9-10-6-11(13)8-12(7-10)14-2/h6-8H,3-5,9,13H2,1-2H3. The molecule has 0 radical (unpaired) electrons. The van der Waals surface area contributed by atoms with Crippen LogP contribution in [-0.4, -0.2) is 26.9 Å². The zero-order chi connectivity index (χ0) is 11.8. The van der Waals surface area contributed by atoms with Gasteiger partial charge in [-0.1, -0.05) is 0 Å². The number of hydrogen-bond acceptors (Lipinski definition) is 4. The van der Waals surface area contributed by atoms with Crippen molar-refractivity contribution in [2.24, 2.45) is 0 Å². The van der Waals surface area contributed by atoms with Crippen LogP contribution in [0.3, 0.4) is 0 Å². The molecular formula is C12H19NO3. The smallest absolute Gasteiger partial charge is 0.121 e. The number of benzene rings is 1. The van der Waals surface area contributed by atoms with Crippen molar-refractivity contribution in [2.45, 2.75) is 13.5 Å². The molecule has 0 amide bonds. The van der Waals surface area contributed by atoms with E-state index >= 15 is 0 Å². The number of nitrogens with two attached hydrogens (primary N) is 1. The molecule has 0 saturated heterocycles. The molecule has 90 valence electrons. The van der Waals surface area contributed by atoms with Gasteiger partial charge in [-0.25, -0.2) is 0 Å². The summed E-state index contributed by atoms with van der Waals surface area (Å²) in [5.74, 6) is 0.753. The van der Waals surface area contributed by atoms with E-state index < -0.39 is 0 Å². The minimum absolute atomic E-state index is 0.522. The lowest BCUT2D eigenvalue weighted by Crippen LogP contribution is -2.04. The third-order valence-corrected chi connectivity index (χ3v) is 2.07. The Balaban J connectivity index is 2.38. The molecule has 0 saturated carbocycles. The average molecular weight is 225 g/mol. The fraction of sp³-hybridized carbons (Fsp3) is 0.500. The highest BCUT2D eigenvalue weighted by atomic mass is 16.5. The van der Waals surface area contributed by atoms with Gasteiger partial charge in [-0.05, 0) is 24.6 Å². The summed E-state index contributed by atoms with van der Waals surface area (Å²) in [5.41, 5.74) is 7.42. The van der Waals surface area contributed by atoms with Crippen LogP contribution >= 0.6 is 0 Å². The molecule has 4 nitrogen and oxygen atoms in total. The van der Waals surface area contributed by atoms with Crippen LogP contribution in [0.5, 0.6) is 5.75 Å². The minimum atomic E-state index is 0.522. The summed E-state index contributed by atoms with van der Waals surface area (Å²) in [6.45, 7) is 4.41. The molecular weight excluding hydrogens is 206 g/mol. The van der Waals surface area contributed by atoms with Gasteiger partial charge in [0.05, 0.1) is 26.9 Å². The van der Waals surface area contributed by atoms with Crippen molar-refractivity contribution >= 4 is 5.69 Å². The molecule has 0 aliphatic heterocycles. The average Bonchev–Trinajstić information content (AvgIpc) is 2.28. The van der Waals surface area contributed by atoms with Crippen LogP contribution in [0.25, 0.3) is 0 Å². The Morgan fingerprint density at radius 2 is 1.88 bits per heavy atom. The molecule has 0 aliphatic carbocycles. The number of nitrogen functional groups attached to an aromatic ring is 1. The van der Waals surface area contributed by atoms with Crippen molar-refractivity contribution in [3.63, 3.8) is 0 Å². The monoisotopic (exact) mass is 225 g/mol. The fourth-order valence-corrected chi connectivity index (χ4v) is 1.34. The van der Waals surface area contributed by atoms with Gasteiger partial charge < -0.3 is 19.9 Å². The second-order valence-electron chi connectivity index (χ2n) is 3.36. The van der Waals surface area contributed by atoms with E-state index in [9.17, 15) is 0 Å². The highest BCUT2D eigenvalue weighted by Gasteiger charge is 1.99. The van der Waals surface area contributed by atoms with E-state index in [-0.39, 0.29) is 0 Å². The first kappa shape index (κ1) is 12.8. The summed E-state index contributed by atoms with van der Waals surface area (Å²) in [7, 11) is 1.62. The Hall–Kier alpha value is -1.26. The maximum absolute atomic E-state index is 5.73. The first-order valence-corrected chi connectivity index (χ1v) is 5.35. The van der Waals surface area contributed by atoms with Crippen molar-refractivity contribution in [1.29, 1.82) is 0 Å². The van der Waals surface area contributed by atoms with Gasteiger partial charge in [0.25, 0.3) is 0 Å². The van der Waals surface area contributed by atoms with Gasteiger partial charge in [0.1, 0.15) is 5.75 Å². The topological polar surface area (TPSA) is 53.7 Å². The quantitative estimate of drug-likeness (QED) is 0.568. The predicted octanol–water partition coefficient (Wildman–Crippen LogP) is 1.83. The van der Waals surface area contributed by atoms with E-state index in [1.54, 1.807) is 13.2 Å². The van der Waals surface area contributed by atoms with Crippen LogP contribution in [0.2, 0.25) is 0 Å². The third-order valence-electron chi connectivity index (χ3n) is 2.07. The SMILES string of the molecule is CCOCCOCc1cc(N)cc(OC)c1. The summed E-state index contributed by atoms with van der Waals surface area (Å²) >= 11 is 0. The van der Waals surface area contributed by atoms with Crippen molar-refractivity contribution in [3.8, 4) is 5.75 Å². The number of hydrogen-bond donors (Lipinski definition) is 1. The van der Waals surface area contributed by atoms with E-state index in [1.807, 2.05) is 19.1 Å². The van der Waals surface area contributed by atoms with Crippen LogP contribution in [0.1, 0.15) is 12.5 Å². The zero-order valence-electron chi connectivity index (χ0n) is 9.86. The normalized spacial score (nSPS) is 10.4. The van der Waals surface area contributed by atoms with Gasteiger partial charge in [-0.2, -0.15) is 0 Å². The number of rotatable bonds is 7. The second kappa shape index (κ2) is 7.09. The molecule has 4 heteroatoms. The molecule has 2 N–H and O–H groups in total. The molecule has 0 bridgehead atoms. The van der Waals surface area contributed by atoms with Gasteiger partial charge in [0, 0.05) is 18.4 Å². The van der Waals surface area contributed by atoms with Gasteiger partial charge in [-0.3, -0.25) is 0 Å². The number of ether oxygens (including phenoxy) is 3. The highest BCUT2D eigenvalue weighted by Crippen LogP contribution is 2.18. The van der Waals surface area contributed by atoms with Crippen molar-refractivity contribution in [1.82, 2.24) is 0 Å². The molecule has 1 aromatic carbocycles. The summed E-state index contributed by atoms with van der Waals surface area (Å²) in [6.07, 6.45) is 0. The third kappa shape index (κ3) is 4.51. The van der Waals surface area contributed by atoms with Crippen LogP contribution in [-0.2, 0) is 16.1 Å². The summed E-state index contributed by atoms with van der Waals surface area (Å²) in [6, 6.07) is 5.57. The molecule has 0 aliphatic rings. The molecule has 1 rings (SSSR count). The van der Waals surface area contributed by atoms with E-state index in [1.165, 1.54) is 0 Å². The van der Waals surface area contributed by atoms with E-state index in [2.05, 4.69) is 0 Å². The van der Waals surface area contributed by atoms with Gasteiger partial charge >= 0.3 is 0 Å². The first-order chi connectivity index (χ1) is 7.76. The fourth-order valence-electron chi connectivity index (χ4n) is 1.34. The van der Waals surface area contributed by atoms with E-state index in [4.69, 9.17) is 19.9 Å². The number of methoxy groups -OCH3 is 1. The maximum atomic E-state index is 5.73. The Morgan fingerprint density at radius 3 is 2.56 bits per heavy atom. The Morgan fingerprint density at radius 1 is 1.12 bits per heavy atom. The maximum Gasteiger partial charge on any atom is 0.121 e. The van der Waals surface area contributed by atoms with E-state index in [0.717, 1.165) is 17.9 Å². The molecule has 0 fully saturated rings. The van der Waals surface area contributed by atoms with Crippen LogP contribution in [0.15, 0.2) is 18.2 Å². The van der Waals surface area contributed by atoms with Crippen molar-refractivity contribution in [2.75, 3.05) is 32.7 Å². The second-order valence-corrected chi connectivity index (χ2v) is 3.36. The lowest BCUT2D eigenvalue weighted by Gasteiger charge is -2.07.